The number of hydrogen-bond acceptors (Lipinski definition) is 4. The van der Waals surface area contributed by atoms with Crippen molar-refractivity contribution in [2.24, 2.45) is 0 Å². The number of aromatic nitrogens is 1. The van der Waals surface area contributed by atoms with Gasteiger partial charge in [-0.15, -0.1) is 0 Å². The van der Waals surface area contributed by atoms with Gasteiger partial charge in [0.05, 0.1) is 21.4 Å². The monoisotopic (exact) mass is 339 g/mol. The molecule has 0 spiro atoms. The molecule has 0 aliphatic carbocycles. The SMILES string of the molecule is O=C(c1ccccc1)c1c2n(c3c(F)ccc([N+](=O)[O-])c13)CCCN2. The minimum absolute atomic E-state index is 0.0586. The number of carbonyl (C=O) groups is 1. The van der Waals surface area contributed by atoms with Gasteiger partial charge in [0.1, 0.15) is 11.6 Å². The molecule has 0 radical (unpaired) electrons. The van der Waals surface area contributed by atoms with Gasteiger partial charge in [-0.05, 0) is 12.5 Å². The number of carbonyl (C=O) groups excluding carboxylic acids is 1. The molecule has 1 aliphatic rings. The number of nitro groups is 1. The van der Waals surface area contributed by atoms with Gasteiger partial charge in [-0.25, -0.2) is 4.39 Å². The maximum atomic E-state index is 14.5. The Balaban J connectivity index is 2.11. The summed E-state index contributed by atoms with van der Waals surface area (Å²) in [5.41, 5.74) is 0.408. The first kappa shape index (κ1) is 15.3. The molecule has 1 N–H and O–H groups in total. The Kier molecular flexibility index (Phi) is 3.49. The van der Waals surface area contributed by atoms with Gasteiger partial charge in [-0.1, -0.05) is 30.3 Å². The van der Waals surface area contributed by atoms with Crippen LogP contribution >= 0.6 is 0 Å². The van der Waals surface area contributed by atoms with Crippen molar-refractivity contribution < 1.29 is 14.1 Å². The van der Waals surface area contributed by atoms with Crippen molar-refractivity contribution in [3.8, 4) is 0 Å². The smallest absolute Gasteiger partial charge is 0.279 e. The second-order valence-corrected chi connectivity index (χ2v) is 5.90. The summed E-state index contributed by atoms with van der Waals surface area (Å²) in [7, 11) is 0. The Bertz CT molecular complexity index is 1010. The van der Waals surface area contributed by atoms with Crippen molar-refractivity contribution >= 4 is 28.2 Å². The van der Waals surface area contributed by atoms with E-state index < -0.39 is 10.7 Å². The lowest BCUT2D eigenvalue weighted by Crippen LogP contribution is -2.18. The number of ketones is 1. The molecular weight excluding hydrogens is 325 g/mol. The molecule has 25 heavy (non-hydrogen) atoms. The Hall–Kier alpha value is -3.22. The molecule has 2 aromatic carbocycles. The van der Waals surface area contributed by atoms with Crippen molar-refractivity contribution in [2.75, 3.05) is 11.9 Å². The highest BCUT2D eigenvalue weighted by Gasteiger charge is 2.32. The molecule has 7 heteroatoms. The molecule has 1 aliphatic heterocycles. The highest BCUT2D eigenvalue weighted by atomic mass is 19.1. The van der Waals surface area contributed by atoms with Gasteiger partial charge in [0.15, 0.2) is 5.78 Å². The van der Waals surface area contributed by atoms with Crippen LogP contribution in [-0.2, 0) is 6.54 Å². The van der Waals surface area contributed by atoms with Crippen LogP contribution in [0.15, 0.2) is 42.5 Å². The minimum atomic E-state index is -0.574. The van der Waals surface area contributed by atoms with Gasteiger partial charge in [0.25, 0.3) is 5.69 Å². The zero-order chi connectivity index (χ0) is 17.6. The van der Waals surface area contributed by atoms with Gasteiger partial charge in [0, 0.05) is 24.7 Å². The highest BCUT2D eigenvalue weighted by Crippen LogP contribution is 2.40. The number of aryl methyl sites for hydroxylation is 1. The zero-order valence-electron chi connectivity index (χ0n) is 13.2. The zero-order valence-corrected chi connectivity index (χ0v) is 13.2. The fraction of sp³-hybridized carbons (Fsp3) is 0.167. The lowest BCUT2D eigenvalue weighted by Gasteiger charge is -2.19. The predicted molar refractivity (Wildman–Crippen MR) is 91.5 cm³/mol. The summed E-state index contributed by atoms with van der Waals surface area (Å²) in [6.07, 6.45) is 0.748. The normalized spacial score (nSPS) is 13.3. The van der Waals surface area contributed by atoms with Crippen molar-refractivity contribution in [2.45, 2.75) is 13.0 Å². The number of nitrogens with zero attached hydrogens (tertiary/aromatic N) is 2. The third-order valence-corrected chi connectivity index (χ3v) is 4.44. The van der Waals surface area contributed by atoms with E-state index in [0.717, 1.165) is 18.6 Å². The number of nitrogens with one attached hydrogen (secondary N) is 1. The molecule has 0 fully saturated rings. The summed E-state index contributed by atoms with van der Waals surface area (Å²) in [5.74, 6) is -0.483. The van der Waals surface area contributed by atoms with E-state index in [-0.39, 0.29) is 27.9 Å². The lowest BCUT2D eigenvalue weighted by atomic mass is 10.0. The fourth-order valence-corrected chi connectivity index (χ4v) is 3.39. The number of hydrogen-bond donors (Lipinski definition) is 1. The Morgan fingerprint density at radius 2 is 1.96 bits per heavy atom. The van der Waals surface area contributed by atoms with Crippen LogP contribution in [-0.4, -0.2) is 21.8 Å². The average molecular weight is 339 g/mol. The Morgan fingerprint density at radius 1 is 1.20 bits per heavy atom. The molecule has 0 saturated carbocycles. The number of halogens is 1. The van der Waals surface area contributed by atoms with Crippen LogP contribution in [0, 0.1) is 15.9 Å². The van der Waals surface area contributed by atoms with Crippen molar-refractivity contribution in [1.82, 2.24) is 4.57 Å². The van der Waals surface area contributed by atoms with Gasteiger partial charge in [0.2, 0.25) is 0 Å². The number of rotatable bonds is 3. The number of benzene rings is 2. The third kappa shape index (κ3) is 2.27. The van der Waals surface area contributed by atoms with E-state index in [0.29, 0.717) is 24.5 Å². The second kappa shape index (κ2) is 5.70. The van der Waals surface area contributed by atoms with Crippen LogP contribution in [0.5, 0.6) is 0 Å². The maximum Gasteiger partial charge on any atom is 0.279 e. The first-order valence-corrected chi connectivity index (χ1v) is 7.92. The molecule has 0 bridgehead atoms. The number of anilines is 1. The topological polar surface area (TPSA) is 77.2 Å². The maximum absolute atomic E-state index is 14.5. The van der Waals surface area contributed by atoms with Crippen LogP contribution in [0.3, 0.4) is 0 Å². The molecule has 0 unspecified atom stereocenters. The standard InChI is InChI=1S/C18H14FN3O3/c19-12-7-8-13(22(24)25)14-15(17(23)11-5-2-1-3-6-11)18-20-9-4-10-21(18)16(12)14/h1-3,5-8,20H,4,9-10H2. The lowest BCUT2D eigenvalue weighted by molar-refractivity contribution is -0.383. The summed E-state index contributed by atoms with van der Waals surface area (Å²) < 4.78 is 16.2. The van der Waals surface area contributed by atoms with Gasteiger partial charge >= 0.3 is 0 Å². The van der Waals surface area contributed by atoms with E-state index in [4.69, 9.17) is 0 Å². The summed E-state index contributed by atoms with van der Waals surface area (Å²) in [5, 5.41) is 14.7. The first-order valence-electron chi connectivity index (χ1n) is 7.92. The molecule has 4 rings (SSSR count). The molecule has 1 aromatic heterocycles. The molecular formula is C18H14FN3O3. The van der Waals surface area contributed by atoms with Crippen molar-refractivity contribution in [3.05, 3.63) is 69.5 Å². The van der Waals surface area contributed by atoms with Crippen molar-refractivity contribution in [3.63, 3.8) is 0 Å². The summed E-state index contributed by atoms with van der Waals surface area (Å²) in [4.78, 5) is 24.0. The van der Waals surface area contributed by atoms with E-state index in [1.807, 2.05) is 0 Å². The van der Waals surface area contributed by atoms with Crippen molar-refractivity contribution in [1.29, 1.82) is 0 Å². The molecule has 2 heterocycles. The van der Waals surface area contributed by atoms with Crippen LogP contribution in [0.25, 0.3) is 10.9 Å². The number of fused-ring (bicyclic) bond motifs is 3. The quantitative estimate of drug-likeness (QED) is 0.448. The first-order chi connectivity index (χ1) is 12.1. The molecule has 3 aromatic rings. The Morgan fingerprint density at radius 3 is 2.68 bits per heavy atom. The van der Waals surface area contributed by atoms with Gasteiger partial charge < -0.3 is 9.88 Å². The molecule has 6 nitrogen and oxygen atoms in total. The predicted octanol–water partition coefficient (Wildman–Crippen LogP) is 3.74. The largest absolute Gasteiger partial charge is 0.371 e. The van der Waals surface area contributed by atoms with E-state index >= 15 is 0 Å². The van der Waals surface area contributed by atoms with Crippen LogP contribution in [0.4, 0.5) is 15.9 Å². The van der Waals surface area contributed by atoms with Crippen LogP contribution in [0.2, 0.25) is 0 Å². The minimum Gasteiger partial charge on any atom is -0.371 e. The van der Waals surface area contributed by atoms with E-state index in [1.54, 1.807) is 34.9 Å². The summed E-state index contributed by atoms with van der Waals surface area (Å²) in [6, 6.07) is 10.7. The summed E-state index contributed by atoms with van der Waals surface area (Å²) in [6.45, 7) is 1.12. The Labute approximate surface area is 142 Å². The second-order valence-electron chi connectivity index (χ2n) is 5.90. The summed E-state index contributed by atoms with van der Waals surface area (Å²) >= 11 is 0. The molecule has 0 saturated heterocycles. The number of non-ortho nitro benzene ring substituents is 1. The molecule has 0 amide bonds. The van der Waals surface area contributed by atoms with Gasteiger partial charge in [-0.2, -0.15) is 0 Å². The van der Waals surface area contributed by atoms with E-state index in [9.17, 15) is 19.3 Å². The average Bonchev–Trinajstić information content (AvgIpc) is 2.97. The highest BCUT2D eigenvalue weighted by molar-refractivity contribution is 6.22. The molecule has 0 atom stereocenters. The van der Waals surface area contributed by atoms with Crippen LogP contribution < -0.4 is 5.32 Å². The van der Waals surface area contributed by atoms with E-state index in [2.05, 4.69) is 5.32 Å². The van der Waals surface area contributed by atoms with Gasteiger partial charge in [-0.3, -0.25) is 14.9 Å². The fourth-order valence-electron chi connectivity index (χ4n) is 3.39. The third-order valence-electron chi connectivity index (χ3n) is 4.44. The van der Waals surface area contributed by atoms with E-state index in [1.165, 1.54) is 0 Å². The molecule has 126 valence electrons. The number of nitro benzene ring substituents is 1. The van der Waals surface area contributed by atoms with Crippen LogP contribution in [0.1, 0.15) is 22.3 Å².